The van der Waals surface area contributed by atoms with E-state index in [0.29, 0.717) is 17.9 Å². The van der Waals surface area contributed by atoms with Gasteiger partial charge in [0.15, 0.2) is 0 Å². The first-order valence-corrected chi connectivity index (χ1v) is 6.49. The molecule has 3 aromatic rings. The zero-order chi connectivity index (χ0) is 14.7. The molecule has 0 radical (unpaired) electrons. The smallest absolute Gasteiger partial charge is 0.204 e. The van der Waals surface area contributed by atoms with Gasteiger partial charge in [-0.2, -0.15) is 4.80 Å². The molecule has 1 heterocycles. The molecule has 0 aliphatic rings. The van der Waals surface area contributed by atoms with E-state index in [0.717, 1.165) is 11.1 Å². The number of nitrogens with zero attached hydrogens (tertiary/aromatic N) is 4. The highest BCUT2D eigenvalue weighted by Crippen LogP contribution is 2.12. The molecule has 0 atom stereocenters. The quantitative estimate of drug-likeness (QED) is 0.560. The predicted octanol–water partition coefficient (Wildman–Crippen LogP) is 1.67. The fourth-order valence-corrected chi connectivity index (χ4v) is 2.01. The standard InChI is InChI=1S/C15H14N6/c16-14(17)13-8-4-5-11(9-13)10-21-19-15(18-20-21)12-6-2-1-3-7-12/h1-9H,10H2,(H3,16,17). The van der Waals surface area contributed by atoms with Crippen molar-refractivity contribution in [3.8, 4) is 11.4 Å². The largest absolute Gasteiger partial charge is 0.384 e. The number of nitrogens with one attached hydrogen (secondary N) is 1. The Hall–Kier alpha value is -3.02. The van der Waals surface area contributed by atoms with Gasteiger partial charge >= 0.3 is 0 Å². The predicted molar refractivity (Wildman–Crippen MR) is 79.8 cm³/mol. The molecule has 0 aliphatic carbocycles. The summed E-state index contributed by atoms with van der Waals surface area (Å²) in [6.45, 7) is 0.487. The van der Waals surface area contributed by atoms with E-state index in [9.17, 15) is 0 Å². The molecule has 104 valence electrons. The highest BCUT2D eigenvalue weighted by Gasteiger charge is 2.06. The maximum atomic E-state index is 7.46. The average Bonchev–Trinajstić information content (AvgIpc) is 2.97. The van der Waals surface area contributed by atoms with Gasteiger partial charge in [-0.05, 0) is 16.8 Å². The van der Waals surface area contributed by atoms with Crippen molar-refractivity contribution in [3.05, 3.63) is 65.7 Å². The molecular weight excluding hydrogens is 264 g/mol. The van der Waals surface area contributed by atoms with Crippen LogP contribution in [0.25, 0.3) is 11.4 Å². The number of rotatable bonds is 4. The number of aromatic nitrogens is 4. The van der Waals surface area contributed by atoms with Crippen LogP contribution in [0, 0.1) is 5.41 Å². The van der Waals surface area contributed by atoms with E-state index in [4.69, 9.17) is 11.1 Å². The van der Waals surface area contributed by atoms with Crippen LogP contribution in [-0.2, 0) is 6.54 Å². The number of nitrogens with two attached hydrogens (primary N) is 1. The fourth-order valence-electron chi connectivity index (χ4n) is 2.01. The summed E-state index contributed by atoms with van der Waals surface area (Å²) in [6, 6.07) is 17.2. The molecule has 21 heavy (non-hydrogen) atoms. The highest BCUT2D eigenvalue weighted by molar-refractivity contribution is 5.95. The SMILES string of the molecule is N=C(N)c1cccc(Cn2nnc(-c3ccccc3)n2)c1. The van der Waals surface area contributed by atoms with E-state index >= 15 is 0 Å². The molecule has 6 nitrogen and oxygen atoms in total. The number of hydrogen-bond donors (Lipinski definition) is 2. The molecule has 0 saturated heterocycles. The van der Waals surface area contributed by atoms with Crippen molar-refractivity contribution in [2.24, 2.45) is 5.73 Å². The van der Waals surface area contributed by atoms with Crippen LogP contribution in [0.15, 0.2) is 54.6 Å². The Balaban J connectivity index is 1.82. The zero-order valence-corrected chi connectivity index (χ0v) is 11.3. The van der Waals surface area contributed by atoms with E-state index in [2.05, 4.69) is 15.4 Å². The van der Waals surface area contributed by atoms with Gasteiger partial charge in [-0.25, -0.2) is 0 Å². The van der Waals surface area contributed by atoms with Crippen LogP contribution in [0.2, 0.25) is 0 Å². The third kappa shape index (κ3) is 2.94. The van der Waals surface area contributed by atoms with E-state index in [1.165, 1.54) is 4.80 Å². The van der Waals surface area contributed by atoms with Gasteiger partial charge in [0.1, 0.15) is 5.84 Å². The van der Waals surface area contributed by atoms with Gasteiger partial charge in [-0.3, -0.25) is 5.41 Å². The van der Waals surface area contributed by atoms with Crippen LogP contribution in [0.1, 0.15) is 11.1 Å². The Morgan fingerprint density at radius 1 is 1.10 bits per heavy atom. The number of amidine groups is 1. The van der Waals surface area contributed by atoms with Crippen molar-refractivity contribution in [2.75, 3.05) is 0 Å². The van der Waals surface area contributed by atoms with Crippen molar-refractivity contribution in [3.63, 3.8) is 0 Å². The molecule has 0 amide bonds. The lowest BCUT2D eigenvalue weighted by atomic mass is 10.1. The van der Waals surface area contributed by atoms with Crippen LogP contribution >= 0.6 is 0 Å². The molecule has 2 aromatic carbocycles. The van der Waals surface area contributed by atoms with Crippen LogP contribution in [0.5, 0.6) is 0 Å². The Kier molecular flexibility index (Phi) is 3.42. The van der Waals surface area contributed by atoms with Crippen LogP contribution < -0.4 is 5.73 Å². The molecule has 6 heteroatoms. The Bertz CT molecular complexity index is 763. The summed E-state index contributed by atoms with van der Waals surface area (Å²) in [6.07, 6.45) is 0. The Labute approximate surface area is 121 Å². The summed E-state index contributed by atoms with van der Waals surface area (Å²) in [5, 5.41) is 19.9. The normalized spacial score (nSPS) is 10.5. The van der Waals surface area contributed by atoms with Crippen LogP contribution in [0.3, 0.4) is 0 Å². The topological polar surface area (TPSA) is 93.5 Å². The number of tetrazole rings is 1. The lowest BCUT2D eigenvalue weighted by molar-refractivity contribution is 0.573. The summed E-state index contributed by atoms with van der Waals surface area (Å²) < 4.78 is 0. The summed E-state index contributed by atoms with van der Waals surface area (Å²) in [5.41, 5.74) is 8.08. The van der Waals surface area contributed by atoms with Gasteiger partial charge in [-0.15, -0.1) is 10.2 Å². The molecule has 3 rings (SSSR count). The van der Waals surface area contributed by atoms with E-state index < -0.39 is 0 Å². The minimum atomic E-state index is 0.0494. The second-order valence-corrected chi connectivity index (χ2v) is 4.62. The number of benzene rings is 2. The van der Waals surface area contributed by atoms with Gasteiger partial charge in [-0.1, -0.05) is 48.5 Å². The van der Waals surface area contributed by atoms with Crippen molar-refractivity contribution >= 4 is 5.84 Å². The third-order valence-electron chi connectivity index (χ3n) is 3.05. The second-order valence-electron chi connectivity index (χ2n) is 4.62. The van der Waals surface area contributed by atoms with Crippen molar-refractivity contribution in [2.45, 2.75) is 6.54 Å². The molecule has 3 N–H and O–H groups in total. The maximum absolute atomic E-state index is 7.46. The zero-order valence-electron chi connectivity index (χ0n) is 11.3. The first-order chi connectivity index (χ1) is 10.2. The van der Waals surface area contributed by atoms with Gasteiger partial charge in [0.2, 0.25) is 5.82 Å². The Morgan fingerprint density at radius 2 is 1.90 bits per heavy atom. The first kappa shape index (κ1) is 13.0. The van der Waals surface area contributed by atoms with Gasteiger partial charge < -0.3 is 5.73 Å². The van der Waals surface area contributed by atoms with Crippen LogP contribution in [-0.4, -0.2) is 26.0 Å². The van der Waals surface area contributed by atoms with E-state index in [1.807, 2.05) is 48.5 Å². The summed E-state index contributed by atoms with van der Waals surface area (Å²) in [4.78, 5) is 1.53. The fraction of sp³-hybridized carbons (Fsp3) is 0.0667. The molecule has 0 fully saturated rings. The highest BCUT2D eigenvalue weighted by atomic mass is 15.6. The first-order valence-electron chi connectivity index (χ1n) is 6.49. The second kappa shape index (κ2) is 5.54. The molecular formula is C15H14N6. The van der Waals surface area contributed by atoms with Crippen molar-refractivity contribution < 1.29 is 0 Å². The minimum Gasteiger partial charge on any atom is -0.384 e. The van der Waals surface area contributed by atoms with Crippen molar-refractivity contribution in [1.29, 1.82) is 5.41 Å². The minimum absolute atomic E-state index is 0.0494. The molecule has 0 unspecified atom stereocenters. The third-order valence-corrected chi connectivity index (χ3v) is 3.05. The van der Waals surface area contributed by atoms with E-state index in [1.54, 1.807) is 6.07 Å². The average molecular weight is 278 g/mol. The molecule has 0 saturated carbocycles. The monoisotopic (exact) mass is 278 g/mol. The molecule has 0 bridgehead atoms. The number of nitrogen functional groups attached to an aromatic ring is 1. The number of hydrogen-bond acceptors (Lipinski definition) is 4. The Morgan fingerprint density at radius 3 is 2.67 bits per heavy atom. The van der Waals surface area contributed by atoms with Gasteiger partial charge in [0, 0.05) is 11.1 Å². The lowest BCUT2D eigenvalue weighted by Crippen LogP contribution is -2.12. The van der Waals surface area contributed by atoms with Crippen LogP contribution in [0.4, 0.5) is 0 Å². The lowest BCUT2D eigenvalue weighted by Gasteiger charge is -2.02. The summed E-state index contributed by atoms with van der Waals surface area (Å²) >= 11 is 0. The molecule has 1 aromatic heterocycles. The molecule has 0 aliphatic heterocycles. The summed E-state index contributed by atoms with van der Waals surface area (Å²) in [5.74, 6) is 0.645. The van der Waals surface area contributed by atoms with E-state index in [-0.39, 0.29) is 5.84 Å². The van der Waals surface area contributed by atoms with Gasteiger partial charge in [0.25, 0.3) is 0 Å². The molecule has 0 spiro atoms. The maximum Gasteiger partial charge on any atom is 0.204 e. The van der Waals surface area contributed by atoms with Crippen molar-refractivity contribution in [1.82, 2.24) is 20.2 Å². The summed E-state index contributed by atoms with van der Waals surface area (Å²) in [7, 11) is 0. The van der Waals surface area contributed by atoms with Gasteiger partial charge in [0.05, 0.1) is 6.54 Å².